The Balaban J connectivity index is 1.96. The zero-order valence-corrected chi connectivity index (χ0v) is 16.2. The van der Waals surface area contributed by atoms with E-state index in [1.165, 1.54) is 26.4 Å². The van der Waals surface area contributed by atoms with Crippen molar-refractivity contribution in [2.24, 2.45) is 0 Å². The third-order valence-electron chi connectivity index (χ3n) is 4.51. The molecule has 140 valence electrons. The largest absolute Gasteiger partial charge is 0.493 e. The lowest BCUT2D eigenvalue weighted by Gasteiger charge is -2.26. The number of sulfonamides is 1. The van der Waals surface area contributed by atoms with E-state index < -0.39 is 10.0 Å². The maximum Gasteiger partial charge on any atom is 0.242 e. The summed E-state index contributed by atoms with van der Waals surface area (Å²) in [5, 5.41) is 0.0727. The van der Waals surface area contributed by atoms with Crippen molar-refractivity contribution >= 4 is 27.3 Å². The van der Waals surface area contributed by atoms with Crippen LogP contribution in [-0.2, 0) is 16.4 Å². The molecule has 0 spiro atoms. The number of benzene rings is 2. The Kier molecular flexibility index (Phi) is 5.32. The smallest absolute Gasteiger partial charge is 0.242 e. The second-order valence-electron chi connectivity index (χ2n) is 6.16. The van der Waals surface area contributed by atoms with Crippen molar-refractivity contribution in [3.05, 3.63) is 46.5 Å². The Bertz CT molecular complexity index is 931. The van der Waals surface area contributed by atoms with Crippen LogP contribution in [0.5, 0.6) is 11.5 Å². The number of halogens is 1. The minimum atomic E-state index is -3.85. The Morgan fingerprint density at radius 3 is 2.54 bits per heavy atom. The van der Waals surface area contributed by atoms with Crippen LogP contribution in [0.4, 0.5) is 5.69 Å². The summed E-state index contributed by atoms with van der Waals surface area (Å²) >= 11 is 6.19. The van der Waals surface area contributed by atoms with Crippen LogP contribution in [0.3, 0.4) is 0 Å². The molecular formula is C18H21ClN2O4S. The average molecular weight is 397 g/mol. The van der Waals surface area contributed by atoms with Crippen molar-refractivity contribution in [2.75, 3.05) is 20.0 Å². The molecular weight excluding hydrogens is 376 g/mol. The van der Waals surface area contributed by atoms with Crippen LogP contribution < -0.4 is 19.9 Å². The van der Waals surface area contributed by atoms with Gasteiger partial charge >= 0.3 is 0 Å². The highest BCUT2D eigenvalue weighted by atomic mass is 35.5. The molecule has 0 aromatic heterocycles. The first-order valence-electron chi connectivity index (χ1n) is 8.18. The zero-order chi connectivity index (χ0) is 18.9. The van der Waals surface area contributed by atoms with Gasteiger partial charge in [-0.25, -0.2) is 13.1 Å². The summed E-state index contributed by atoms with van der Waals surface area (Å²) in [6, 6.07) is 8.05. The van der Waals surface area contributed by atoms with E-state index in [1.807, 2.05) is 12.1 Å². The van der Waals surface area contributed by atoms with Gasteiger partial charge in [0.05, 0.1) is 19.2 Å². The maximum atomic E-state index is 12.9. The molecule has 0 radical (unpaired) electrons. The van der Waals surface area contributed by atoms with Gasteiger partial charge in [0.1, 0.15) is 4.90 Å². The molecule has 1 atom stereocenters. The Labute approximate surface area is 158 Å². The van der Waals surface area contributed by atoms with Crippen LogP contribution in [0.2, 0.25) is 5.02 Å². The molecule has 3 N–H and O–H groups in total. The number of methoxy groups -OCH3 is 2. The first kappa shape index (κ1) is 18.8. The number of ether oxygens (including phenoxy) is 2. The highest BCUT2D eigenvalue weighted by Crippen LogP contribution is 2.37. The van der Waals surface area contributed by atoms with Gasteiger partial charge in [0, 0.05) is 23.9 Å². The van der Waals surface area contributed by atoms with Gasteiger partial charge in [0.2, 0.25) is 10.0 Å². The lowest BCUT2D eigenvalue weighted by atomic mass is 9.88. The second-order valence-corrected chi connectivity index (χ2v) is 8.25. The SMILES string of the molecule is COc1cc(Cl)c(S(=O)(=O)NC2CCCc3cc(N)ccc32)cc1OC. The van der Waals surface area contributed by atoms with Crippen molar-refractivity contribution in [1.82, 2.24) is 4.72 Å². The van der Waals surface area contributed by atoms with Gasteiger partial charge in [0.25, 0.3) is 0 Å². The number of rotatable bonds is 5. The van der Waals surface area contributed by atoms with E-state index in [2.05, 4.69) is 4.72 Å². The van der Waals surface area contributed by atoms with Crippen molar-refractivity contribution < 1.29 is 17.9 Å². The van der Waals surface area contributed by atoms with Gasteiger partial charge in [-0.1, -0.05) is 17.7 Å². The summed E-state index contributed by atoms with van der Waals surface area (Å²) in [4.78, 5) is -0.0422. The molecule has 26 heavy (non-hydrogen) atoms. The van der Waals surface area contributed by atoms with Crippen LogP contribution in [0.1, 0.15) is 30.0 Å². The second kappa shape index (κ2) is 7.34. The number of anilines is 1. The predicted octanol–water partition coefficient (Wildman–Crippen LogP) is 3.30. The highest BCUT2D eigenvalue weighted by molar-refractivity contribution is 7.89. The Hall–Kier alpha value is -1.96. The number of hydrogen-bond acceptors (Lipinski definition) is 5. The van der Waals surface area contributed by atoms with E-state index in [-0.39, 0.29) is 16.0 Å². The lowest BCUT2D eigenvalue weighted by molar-refractivity contribution is 0.354. The third kappa shape index (κ3) is 3.60. The monoisotopic (exact) mass is 396 g/mol. The Morgan fingerprint density at radius 1 is 1.15 bits per heavy atom. The number of fused-ring (bicyclic) bond motifs is 1. The fourth-order valence-corrected chi connectivity index (χ4v) is 5.03. The molecule has 0 bridgehead atoms. The van der Waals surface area contributed by atoms with Crippen LogP contribution in [0.25, 0.3) is 0 Å². The molecule has 1 unspecified atom stereocenters. The number of aryl methyl sites for hydroxylation is 1. The quantitative estimate of drug-likeness (QED) is 0.757. The molecule has 0 saturated carbocycles. The highest BCUT2D eigenvalue weighted by Gasteiger charge is 2.28. The number of nitrogens with two attached hydrogens (primary N) is 1. The van der Waals surface area contributed by atoms with Gasteiger partial charge < -0.3 is 15.2 Å². The molecule has 0 amide bonds. The maximum absolute atomic E-state index is 12.9. The number of hydrogen-bond donors (Lipinski definition) is 2. The molecule has 0 aliphatic heterocycles. The van der Waals surface area contributed by atoms with E-state index in [4.69, 9.17) is 26.8 Å². The molecule has 8 heteroatoms. The van der Waals surface area contributed by atoms with Crippen LogP contribution in [0.15, 0.2) is 35.2 Å². The molecule has 2 aromatic carbocycles. The molecule has 1 aliphatic rings. The lowest BCUT2D eigenvalue weighted by Crippen LogP contribution is -2.31. The molecule has 0 fully saturated rings. The van der Waals surface area contributed by atoms with Crippen molar-refractivity contribution in [1.29, 1.82) is 0 Å². The summed E-state index contributed by atoms with van der Waals surface area (Å²) in [7, 11) is -0.944. The van der Waals surface area contributed by atoms with E-state index >= 15 is 0 Å². The van der Waals surface area contributed by atoms with Gasteiger partial charge in [-0.05, 0) is 42.5 Å². The van der Waals surface area contributed by atoms with Gasteiger partial charge in [-0.3, -0.25) is 0 Å². The van der Waals surface area contributed by atoms with Crippen molar-refractivity contribution in [3.63, 3.8) is 0 Å². The summed E-state index contributed by atoms with van der Waals surface area (Å²) in [5.41, 5.74) is 8.54. The molecule has 0 saturated heterocycles. The predicted molar refractivity (Wildman–Crippen MR) is 101 cm³/mol. The topological polar surface area (TPSA) is 90.7 Å². The van der Waals surface area contributed by atoms with E-state index in [1.54, 1.807) is 6.07 Å². The van der Waals surface area contributed by atoms with E-state index in [9.17, 15) is 8.42 Å². The van der Waals surface area contributed by atoms with E-state index in [0.29, 0.717) is 23.6 Å². The van der Waals surface area contributed by atoms with Gasteiger partial charge in [-0.2, -0.15) is 0 Å². The molecule has 0 heterocycles. The fraction of sp³-hybridized carbons (Fsp3) is 0.333. The van der Waals surface area contributed by atoms with E-state index in [0.717, 1.165) is 24.0 Å². The molecule has 6 nitrogen and oxygen atoms in total. The zero-order valence-electron chi connectivity index (χ0n) is 14.6. The standard InChI is InChI=1S/C18H21ClN2O4S/c1-24-16-9-14(19)18(10-17(16)25-2)26(22,23)21-15-5-3-4-11-8-12(20)6-7-13(11)15/h6-10,15,21H,3-5,20H2,1-2H3. The van der Waals surface area contributed by atoms with Crippen molar-refractivity contribution in [3.8, 4) is 11.5 Å². The Morgan fingerprint density at radius 2 is 1.85 bits per heavy atom. The summed E-state index contributed by atoms with van der Waals surface area (Å²) in [6.07, 6.45) is 2.47. The minimum Gasteiger partial charge on any atom is -0.493 e. The average Bonchev–Trinajstić information content (AvgIpc) is 2.60. The van der Waals surface area contributed by atoms with Crippen LogP contribution in [-0.4, -0.2) is 22.6 Å². The number of nitrogen functional groups attached to an aromatic ring is 1. The van der Waals surface area contributed by atoms with Gasteiger partial charge in [0.15, 0.2) is 11.5 Å². The minimum absolute atomic E-state index is 0.0422. The summed E-state index contributed by atoms with van der Waals surface area (Å²) in [5.74, 6) is 0.670. The third-order valence-corrected chi connectivity index (χ3v) is 6.44. The molecule has 2 aromatic rings. The first-order valence-corrected chi connectivity index (χ1v) is 10.0. The summed E-state index contributed by atoms with van der Waals surface area (Å²) < 4.78 is 39.0. The first-order chi connectivity index (χ1) is 12.4. The molecule has 1 aliphatic carbocycles. The number of nitrogens with one attached hydrogen (secondary N) is 1. The van der Waals surface area contributed by atoms with Crippen molar-refractivity contribution in [2.45, 2.75) is 30.2 Å². The van der Waals surface area contributed by atoms with Gasteiger partial charge in [-0.15, -0.1) is 0 Å². The van der Waals surface area contributed by atoms with Crippen LogP contribution >= 0.6 is 11.6 Å². The summed E-state index contributed by atoms with van der Waals surface area (Å²) in [6.45, 7) is 0. The fourth-order valence-electron chi connectivity index (χ4n) is 3.25. The van der Waals surface area contributed by atoms with Crippen LogP contribution in [0, 0.1) is 0 Å². The normalized spacial score (nSPS) is 16.8. The molecule has 3 rings (SSSR count).